The summed E-state index contributed by atoms with van der Waals surface area (Å²) < 4.78 is 5.50. The van der Waals surface area contributed by atoms with Crippen LogP contribution in [0.4, 0.5) is 10.6 Å². The lowest BCUT2D eigenvalue weighted by Gasteiger charge is -2.43. The largest absolute Gasteiger partial charge is 0.444 e. The average molecular weight is 314 g/mol. The van der Waals surface area contributed by atoms with E-state index >= 15 is 0 Å². The molecule has 0 unspecified atom stereocenters. The van der Waals surface area contributed by atoms with Crippen molar-refractivity contribution in [3.8, 4) is 6.07 Å². The fraction of sp³-hybridized carbons (Fsp3) is 0.588. The van der Waals surface area contributed by atoms with Crippen molar-refractivity contribution >= 4 is 11.9 Å². The van der Waals surface area contributed by atoms with Gasteiger partial charge in [-0.05, 0) is 45.7 Å². The Morgan fingerprint density at radius 3 is 2.78 bits per heavy atom. The summed E-state index contributed by atoms with van der Waals surface area (Å²) in [6.45, 7) is 8.94. The molecule has 1 fully saturated rings. The molecule has 0 N–H and O–H groups in total. The number of hydrogen-bond donors (Lipinski definition) is 0. The highest BCUT2D eigenvalue weighted by Gasteiger charge is 2.41. The molecule has 1 amide bonds. The molecule has 6 heteroatoms. The molecular formula is C17H22N4O2. The van der Waals surface area contributed by atoms with E-state index < -0.39 is 5.60 Å². The highest BCUT2D eigenvalue weighted by atomic mass is 16.6. The van der Waals surface area contributed by atoms with Gasteiger partial charge in [0.15, 0.2) is 0 Å². The van der Waals surface area contributed by atoms with E-state index in [2.05, 4.69) is 22.9 Å². The highest BCUT2D eigenvalue weighted by molar-refractivity contribution is 5.69. The van der Waals surface area contributed by atoms with Gasteiger partial charge in [-0.25, -0.2) is 9.78 Å². The minimum Gasteiger partial charge on any atom is -0.444 e. The maximum atomic E-state index is 12.3. The zero-order chi connectivity index (χ0) is 16.8. The van der Waals surface area contributed by atoms with Gasteiger partial charge in [0.1, 0.15) is 23.2 Å². The third-order valence-corrected chi connectivity index (χ3v) is 4.21. The monoisotopic (exact) mass is 314 g/mol. The van der Waals surface area contributed by atoms with Gasteiger partial charge >= 0.3 is 6.09 Å². The first-order valence-corrected chi connectivity index (χ1v) is 7.95. The van der Waals surface area contributed by atoms with Crippen LogP contribution in [0.25, 0.3) is 0 Å². The lowest BCUT2D eigenvalue weighted by molar-refractivity contribution is 0.0191. The van der Waals surface area contributed by atoms with E-state index in [9.17, 15) is 4.79 Å². The number of amides is 1. The zero-order valence-corrected chi connectivity index (χ0v) is 14.0. The molecule has 1 aromatic rings. The molecule has 6 nitrogen and oxygen atoms in total. The second kappa shape index (κ2) is 5.41. The van der Waals surface area contributed by atoms with E-state index in [0.717, 1.165) is 17.8 Å². The van der Waals surface area contributed by atoms with Crippen molar-refractivity contribution < 1.29 is 9.53 Å². The fourth-order valence-electron chi connectivity index (χ4n) is 3.38. The van der Waals surface area contributed by atoms with Crippen molar-refractivity contribution in [3.05, 3.63) is 23.4 Å². The molecule has 1 saturated heterocycles. The van der Waals surface area contributed by atoms with Gasteiger partial charge in [-0.2, -0.15) is 5.26 Å². The molecule has 0 saturated carbocycles. The summed E-state index contributed by atoms with van der Waals surface area (Å²) in [6.07, 6.45) is 0.586. The Morgan fingerprint density at radius 2 is 2.13 bits per heavy atom. The maximum absolute atomic E-state index is 12.3. The van der Waals surface area contributed by atoms with Gasteiger partial charge in [0, 0.05) is 19.1 Å². The van der Waals surface area contributed by atoms with E-state index in [1.165, 1.54) is 0 Å². The topological polar surface area (TPSA) is 69.5 Å². The summed E-state index contributed by atoms with van der Waals surface area (Å²) in [7, 11) is 0. The Bertz CT molecular complexity index is 674. The number of nitrogens with zero attached hydrogens (tertiary/aromatic N) is 4. The van der Waals surface area contributed by atoms with Crippen LogP contribution in [0.1, 0.15) is 39.0 Å². The van der Waals surface area contributed by atoms with Crippen LogP contribution in [0.15, 0.2) is 12.1 Å². The predicted octanol–water partition coefficient (Wildman–Crippen LogP) is 2.32. The first kappa shape index (κ1) is 15.6. The van der Waals surface area contributed by atoms with Gasteiger partial charge in [-0.3, -0.25) is 0 Å². The fourth-order valence-corrected chi connectivity index (χ4v) is 3.38. The molecule has 0 radical (unpaired) electrons. The number of nitriles is 1. The Morgan fingerprint density at radius 1 is 1.39 bits per heavy atom. The van der Waals surface area contributed by atoms with Crippen LogP contribution < -0.4 is 4.90 Å². The average Bonchev–Trinajstić information content (AvgIpc) is 2.83. The summed E-state index contributed by atoms with van der Waals surface area (Å²) in [5.74, 6) is 0.894. The Balaban J connectivity index is 1.79. The van der Waals surface area contributed by atoms with Crippen LogP contribution in [-0.2, 0) is 11.2 Å². The molecule has 0 aliphatic carbocycles. The van der Waals surface area contributed by atoms with Gasteiger partial charge < -0.3 is 14.5 Å². The molecule has 23 heavy (non-hydrogen) atoms. The quantitative estimate of drug-likeness (QED) is 0.735. The van der Waals surface area contributed by atoms with Crippen LogP contribution >= 0.6 is 0 Å². The molecule has 0 spiro atoms. The van der Waals surface area contributed by atoms with E-state index in [4.69, 9.17) is 10.00 Å². The molecule has 0 aromatic carbocycles. The molecule has 122 valence electrons. The van der Waals surface area contributed by atoms with E-state index in [1.54, 1.807) is 11.0 Å². The zero-order valence-electron chi connectivity index (χ0n) is 14.0. The van der Waals surface area contributed by atoms with Gasteiger partial charge in [-0.1, -0.05) is 6.07 Å². The number of carbonyl (C=O) groups is 1. The van der Waals surface area contributed by atoms with Crippen molar-refractivity contribution in [1.82, 2.24) is 9.88 Å². The van der Waals surface area contributed by atoms with Gasteiger partial charge in [-0.15, -0.1) is 0 Å². The van der Waals surface area contributed by atoms with Gasteiger partial charge in [0.2, 0.25) is 0 Å². The maximum Gasteiger partial charge on any atom is 0.410 e. The van der Waals surface area contributed by atoms with Crippen molar-refractivity contribution in [2.24, 2.45) is 0 Å². The standard InChI is InChI=1S/C17H22N4O2/c1-11-9-20(16(22)23-17(2,3)4)10-14-7-12-5-6-13(8-18)19-15(12)21(11)14/h5-6,11,14H,7,9-10H2,1-4H3/t11-,14-/m1/s1. The predicted molar refractivity (Wildman–Crippen MR) is 86.2 cm³/mol. The molecule has 2 aliphatic rings. The summed E-state index contributed by atoms with van der Waals surface area (Å²) >= 11 is 0. The number of aromatic nitrogens is 1. The Kier molecular flexibility index (Phi) is 3.67. The van der Waals surface area contributed by atoms with Crippen LogP contribution in [-0.4, -0.2) is 46.8 Å². The first-order valence-electron chi connectivity index (χ1n) is 7.95. The van der Waals surface area contributed by atoms with Gasteiger partial charge in [0.25, 0.3) is 0 Å². The number of rotatable bonds is 0. The minimum atomic E-state index is -0.487. The number of hydrogen-bond acceptors (Lipinski definition) is 5. The van der Waals surface area contributed by atoms with Crippen molar-refractivity contribution in [2.75, 3.05) is 18.0 Å². The van der Waals surface area contributed by atoms with Crippen LogP contribution in [0, 0.1) is 11.3 Å². The lowest BCUT2D eigenvalue weighted by Crippen LogP contribution is -2.58. The number of piperazine rings is 1. The van der Waals surface area contributed by atoms with E-state index in [0.29, 0.717) is 18.8 Å². The van der Waals surface area contributed by atoms with E-state index in [-0.39, 0.29) is 18.2 Å². The number of anilines is 1. The number of pyridine rings is 1. The second-order valence-electron chi connectivity index (χ2n) is 7.29. The molecule has 2 aliphatic heterocycles. The van der Waals surface area contributed by atoms with Crippen molar-refractivity contribution in [3.63, 3.8) is 0 Å². The third kappa shape index (κ3) is 2.96. The first-order chi connectivity index (χ1) is 10.8. The van der Waals surface area contributed by atoms with Crippen molar-refractivity contribution in [1.29, 1.82) is 5.26 Å². The number of carbonyl (C=O) groups excluding carboxylic acids is 1. The molecule has 3 heterocycles. The summed E-state index contributed by atoms with van der Waals surface area (Å²) in [4.78, 5) is 20.8. The van der Waals surface area contributed by atoms with E-state index in [1.807, 2.05) is 26.8 Å². The summed E-state index contributed by atoms with van der Waals surface area (Å²) in [6, 6.07) is 6.17. The molecule has 3 rings (SSSR count). The van der Waals surface area contributed by atoms with Crippen LogP contribution in [0.2, 0.25) is 0 Å². The number of fused-ring (bicyclic) bond motifs is 3. The molecular weight excluding hydrogens is 292 g/mol. The van der Waals surface area contributed by atoms with Crippen molar-refractivity contribution in [2.45, 2.75) is 51.8 Å². The SMILES string of the molecule is C[C@@H]1CN(C(=O)OC(C)(C)C)C[C@H]2Cc3ccc(C#N)nc3N21. The molecule has 2 atom stereocenters. The molecule has 1 aromatic heterocycles. The lowest BCUT2D eigenvalue weighted by atomic mass is 10.1. The normalized spacial score (nSPS) is 23.1. The third-order valence-electron chi connectivity index (χ3n) is 4.21. The summed E-state index contributed by atoms with van der Waals surface area (Å²) in [5, 5.41) is 9.05. The van der Waals surface area contributed by atoms with Crippen LogP contribution in [0.3, 0.4) is 0 Å². The Hall–Kier alpha value is -2.29. The smallest absolute Gasteiger partial charge is 0.410 e. The number of ether oxygens (including phenoxy) is 1. The highest BCUT2D eigenvalue weighted by Crippen LogP contribution is 2.35. The molecule has 0 bridgehead atoms. The minimum absolute atomic E-state index is 0.143. The second-order valence-corrected chi connectivity index (χ2v) is 7.29. The van der Waals surface area contributed by atoms with Crippen LogP contribution in [0.5, 0.6) is 0 Å². The summed E-state index contributed by atoms with van der Waals surface area (Å²) in [5.41, 5.74) is 1.09. The van der Waals surface area contributed by atoms with Gasteiger partial charge in [0.05, 0.1) is 6.04 Å². The Labute approximate surface area is 136 Å².